The molecule has 4 rings (SSSR count). The summed E-state index contributed by atoms with van der Waals surface area (Å²) in [5, 5.41) is 0. The van der Waals surface area contributed by atoms with Gasteiger partial charge < -0.3 is 9.47 Å². The van der Waals surface area contributed by atoms with Gasteiger partial charge in [-0.3, -0.25) is 14.7 Å². The summed E-state index contributed by atoms with van der Waals surface area (Å²) in [7, 11) is 0. The van der Waals surface area contributed by atoms with Gasteiger partial charge in [-0.15, -0.1) is 0 Å². The van der Waals surface area contributed by atoms with Crippen LogP contribution < -0.4 is 0 Å². The number of rotatable bonds is 4. The molecule has 132 valence electrons. The lowest BCUT2D eigenvalue weighted by Crippen LogP contribution is -2.48. The Morgan fingerprint density at radius 3 is 2.42 bits per heavy atom. The van der Waals surface area contributed by atoms with Crippen molar-refractivity contribution in [3.05, 3.63) is 78.6 Å². The van der Waals surface area contributed by atoms with Gasteiger partial charge in [0, 0.05) is 68.8 Å². The Morgan fingerprint density at radius 1 is 0.962 bits per heavy atom. The van der Waals surface area contributed by atoms with E-state index >= 15 is 0 Å². The fourth-order valence-electron chi connectivity index (χ4n) is 3.23. The van der Waals surface area contributed by atoms with Crippen LogP contribution in [0.3, 0.4) is 0 Å². The van der Waals surface area contributed by atoms with E-state index in [1.807, 2.05) is 52.2 Å². The summed E-state index contributed by atoms with van der Waals surface area (Å²) in [6.45, 7) is 4.15. The Kier molecular flexibility index (Phi) is 4.75. The van der Waals surface area contributed by atoms with Crippen LogP contribution in [0.4, 0.5) is 0 Å². The first kappa shape index (κ1) is 16.5. The van der Waals surface area contributed by atoms with E-state index in [9.17, 15) is 4.79 Å². The second-order valence-corrected chi connectivity index (χ2v) is 6.45. The zero-order valence-corrected chi connectivity index (χ0v) is 14.5. The van der Waals surface area contributed by atoms with Gasteiger partial charge in [-0.05, 0) is 35.9 Å². The third-order valence-corrected chi connectivity index (χ3v) is 4.71. The van der Waals surface area contributed by atoms with E-state index in [0.717, 1.165) is 44.0 Å². The standard InChI is InChI=1S/C20H21N5O/c26-20(18-3-5-19(6-4-18)25-9-8-22-16-25)24-12-10-23(11-13-24)15-17-2-1-7-21-14-17/h1-9,14,16H,10-13,15H2. The smallest absolute Gasteiger partial charge is 0.253 e. The Morgan fingerprint density at radius 2 is 1.77 bits per heavy atom. The second kappa shape index (κ2) is 7.49. The number of piperazine rings is 1. The molecule has 0 N–H and O–H groups in total. The maximum Gasteiger partial charge on any atom is 0.253 e. The van der Waals surface area contributed by atoms with Crippen LogP contribution in [0.5, 0.6) is 0 Å². The molecule has 26 heavy (non-hydrogen) atoms. The molecule has 0 aliphatic carbocycles. The summed E-state index contributed by atoms with van der Waals surface area (Å²) in [6.07, 6.45) is 9.07. The van der Waals surface area contributed by atoms with Crippen LogP contribution in [-0.2, 0) is 6.54 Å². The van der Waals surface area contributed by atoms with E-state index in [2.05, 4.69) is 20.9 Å². The zero-order chi connectivity index (χ0) is 17.8. The average Bonchev–Trinajstić information content (AvgIpc) is 3.24. The number of carbonyl (C=O) groups is 1. The summed E-state index contributed by atoms with van der Waals surface area (Å²) in [5.41, 5.74) is 2.94. The third-order valence-electron chi connectivity index (χ3n) is 4.71. The van der Waals surface area contributed by atoms with E-state index in [0.29, 0.717) is 0 Å². The normalized spacial score (nSPS) is 15.2. The topological polar surface area (TPSA) is 54.3 Å². The highest BCUT2D eigenvalue weighted by Gasteiger charge is 2.22. The molecule has 1 aliphatic rings. The number of hydrogen-bond acceptors (Lipinski definition) is 4. The highest BCUT2D eigenvalue weighted by atomic mass is 16.2. The van der Waals surface area contributed by atoms with E-state index in [-0.39, 0.29) is 5.91 Å². The SMILES string of the molecule is O=C(c1ccc(-n2ccnc2)cc1)N1CCN(Cc2cccnc2)CC1. The third kappa shape index (κ3) is 3.65. The van der Waals surface area contributed by atoms with Crippen molar-refractivity contribution in [3.63, 3.8) is 0 Å². The molecule has 1 aromatic carbocycles. The Labute approximate surface area is 152 Å². The van der Waals surface area contributed by atoms with Gasteiger partial charge in [-0.1, -0.05) is 6.07 Å². The van der Waals surface area contributed by atoms with Crippen LogP contribution in [0.15, 0.2) is 67.5 Å². The van der Waals surface area contributed by atoms with Gasteiger partial charge in [-0.2, -0.15) is 0 Å². The molecule has 3 aromatic rings. The van der Waals surface area contributed by atoms with Gasteiger partial charge >= 0.3 is 0 Å². The molecule has 0 radical (unpaired) electrons. The fraction of sp³-hybridized carbons (Fsp3) is 0.250. The number of carbonyl (C=O) groups excluding carboxylic acids is 1. The molecule has 1 saturated heterocycles. The second-order valence-electron chi connectivity index (χ2n) is 6.45. The summed E-state index contributed by atoms with van der Waals surface area (Å²) in [6, 6.07) is 11.7. The molecule has 0 spiro atoms. The maximum atomic E-state index is 12.7. The van der Waals surface area contributed by atoms with E-state index in [1.54, 1.807) is 18.7 Å². The summed E-state index contributed by atoms with van der Waals surface area (Å²) >= 11 is 0. The molecular weight excluding hydrogens is 326 g/mol. The molecule has 1 aliphatic heterocycles. The van der Waals surface area contributed by atoms with Crippen molar-refractivity contribution in [2.75, 3.05) is 26.2 Å². The summed E-state index contributed by atoms with van der Waals surface area (Å²) in [5.74, 6) is 0.100. The van der Waals surface area contributed by atoms with Crippen molar-refractivity contribution in [1.82, 2.24) is 24.3 Å². The van der Waals surface area contributed by atoms with Crippen LogP contribution in [0, 0.1) is 0 Å². The Balaban J connectivity index is 1.34. The van der Waals surface area contributed by atoms with Crippen LogP contribution in [0.2, 0.25) is 0 Å². The molecule has 6 nitrogen and oxygen atoms in total. The predicted molar refractivity (Wildman–Crippen MR) is 99.0 cm³/mol. The van der Waals surface area contributed by atoms with Crippen molar-refractivity contribution >= 4 is 5.91 Å². The first-order valence-corrected chi connectivity index (χ1v) is 8.78. The summed E-state index contributed by atoms with van der Waals surface area (Å²) in [4.78, 5) is 25.2. The highest BCUT2D eigenvalue weighted by molar-refractivity contribution is 5.94. The zero-order valence-electron chi connectivity index (χ0n) is 14.5. The van der Waals surface area contributed by atoms with Gasteiger partial charge in [-0.25, -0.2) is 4.98 Å². The number of amides is 1. The van der Waals surface area contributed by atoms with Crippen molar-refractivity contribution in [2.45, 2.75) is 6.54 Å². The minimum Gasteiger partial charge on any atom is -0.336 e. The van der Waals surface area contributed by atoms with Crippen molar-refractivity contribution in [3.8, 4) is 5.69 Å². The average molecular weight is 347 g/mol. The number of imidazole rings is 1. The lowest BCUT2D eigenvalue weighted by Gasteiger charge is -2.34. The van der Waals surface area contributed by atoms with Crippen LogP contribution >= 0.6 is 0 Å². The quantitative estimate of drug-likeness (QED) is 0.726. The van der Waals surface area contributed by atoms with E-state index in [4.69, 9.17) is 0 Å². The number of benzene rings is 1. The minimum absolute atomic E-state index is 0.100. The lowest BCUT2D eigenvalue weighted by atomic mass is 10.1. The largest absolute Gasteiger partial charge is 0.336 e. The van der Waals surface area contributed by atoms with Crippen LogP contribution in [0.25, 0.3) is 5.69 Å². The summed E-state index contributed by atoms with van der Waals surface area (Å²) < 4.78 is 1.92. The molecule has 0 saturated carbocycles. The van der Waals surface area contributed by atoms with Gasteiger partial charge in [0.2, 0.25) is 0 Å². The molecule has 3 heterocycles. The van der Waals surface area contributed by atoms with Gasteiger partial charge in [0.1, 0.15) is 0 Å². The first-order valence-electron chi connectivity index (χ1n) is 8.78. The van der Waals surface area contributed by atoms with Crippen molar-refractivity contribution in [2.24, 2.45) is 0 Å². The molecular formula is C20H21N5O. The van der Waals surface area contributed by atoms with E-state index < -0.39 is 0 Å². The molecule has 6 heteroatoms. The van der Waals surface area contributed by atoms with Gasteiger partial charge in [0.05, 0.1) is 6.33 Å². The Bertz CT molecular complexity index is 838. The predicted octanol–water partition coefficient (Wildman–Crippen LogP) is 2.23. The fourth-order valence-corrected chi connectivity index (χ4v) is 3.23. The Hall–Kier alpha value is -2.99. The molecule has 0 bridgehead atoms. The minimum atomic E-state index is 0.100. The maximum absolute atomic E-state index is 12.7. The molecule has 1 fully saturated rings. The van der Waals surface area contributed by atoms with Crippen LogP contribution in [-0.4, -0.2) is 56.4 Å². The monoisotopic (exact) mass is 347 g/mol. The van der Waals surface area contributed by atoms with Gasteiger partial charge in [0.15, 0.2) is 0 Å². The molecule has 0 unspecified atom stereocenters. The molecule has 0 atom stereocenters. The first-order chi connectivity index (χ1) is 12.8. The van der Waals surface area contributed by atoms with Crippen molar-refractivity contribution in [1.29, 1.82) is 0 Å². The highest BCUT2D eigenvalue weighted by Crippen LogP contribution is 2.14. The molecule has 2 aromatic heterocycles. The van der Waals surface area contributed by atoms with Crippen molar-refractivity contribution < 1.29 is 4.79 Å². The number of nitrogens with zero attached hydrogens (tertiary/aromatic N) is 5. The lowest BCUT2D eigenvalue weighted by molar-refractivity contribution is 0.0628. The van der Waals surface area contributed by atoms with E-state index in [1.165, 1.54) is 5.56 Å². The molecule has 1 amide bonds. The number of pyridine rings is 1. The van der Waals surface area contributed by atoms with Gasteiger partial charge in [0.25, 0.3) is 5.91 Å². The van der Waals surface area contributed by atoms with Crippen LogP contribution in [0.1, 0.15) is 15.9 Å². The number of aromatic nitrogens is 3. The number of hydrogen-bond donors (Lipinski definition) is 0.